The number of amides is 2. The molecule has 1 aromatic rings. The van der Waals surface area contributed by atoms with Crippen molar-refractivity contribution in [3.05, 3.63) is 23.8 Å². The molecule has 114 valence electrons. The molecule has 2 atom stereocenters. The van der Waals surface area contributed by atoms with Crippen LogP contribution in [0.2, 0.25) is 0 Å². The van der Waals surface area contributed by atoms with Gasteiger partial charge in [-0.05, 0) is 44.5 Å². The third kappa shape index (κ3) is 3.33. The molecule has 0 saturated carbocycles. The summed E-state index contributed by atoms with van der Waals surface area (Å²) in [5.41, 5.74) is 13.4. The molecule has 21 heavy (non-hydrogen) atoms. The van der Waals surface area contributed by atoms with Crippen molar-refractivity contribution in [1.29, 1.82) is 0 Å². The number of primary amides is 1. The predicted octanol–water partition coefficient (Wildman–Crippen LogP) is 0.711. The molecule has 2 amide bonds. The molecule has 1 fully saturated rings. The summed E-state index contributed by atoms with van der Waals surface area (Å²) in [7, 11) is 0. The smallest absolute Gasteiger partial charge is 0.241 e. The van der Waals surface area contributed by atoms with E-state index in [1.807, 2.05) is 30.9 Å². The van der Waals surface area contributed by atoms with E-state index in [0.29, 0.717) is 25.2 Å². The first kappa shape index (κ1) is 15.3. The first-order chi connectivity index (χ1) is 9.90. The second-order valence-corrected chi connectivity index (χ2v) is 5.57. The summed E-state index contributed by atoms with van der Waals surface area (Å²) in [5, 5.41) is 2.89. The minimum absolute atomic E-state index is 0.103. The number of likely N-dealkylation sites (tertiary alicyclic amines) is 1. The third-order valence-corrected chi connectivity index (χ3v) is 4.18. The van der Waals surface area contributed by atoms with Crippen molar-refractivity contribution < 1.29 is 9.59 Å². The van der Waals surface area contributed by atoms with Crippen LogP contribution in [0.4, 0.5) is 11.4 Å². The number of nitrogen functional groups attached to an aromatic ring is 1. The van der Waals surface area contributed by atoms with Crippen molar-refractivity contribution in [3.8, 4) is 0 Å². The summed E-state index contributed by atoms with van der Waals surface area (Å²) in [6.45, 7) is 4.95. The molecule has 1 aliphatic heterocycles. The van der Waals surface area contributed by atoms with Crippen molar-refractivity contribution in [2.24, 2.45) is 11.7 Å². The Kier molecular flexibility index (Phi) is 4.47. The number of anilines is 2. The van der Waals surface area contributed by atoms with E-state index in [1.54, 1.807) is 6.07 Å². The second-order valence-electron chi connectivity index (χ2n) is 5.57. The lowest BCUT2D eigenvalue weighted by Crippen LogP contribution is -2.41. The summed E-state index contributed by atoms with van der Waals surface area (Å²) < 4.78 is 0. The fraction of sp³-hybridized carbons (Fsp3) is 0.467. The maximum Gasteiger partial charge on any atom is 0.241 e. The average Bonchev–Trinajstić information content (AvgIpc) is 2.93. The summed E-state index contributed by atoms with van der Waals surface area (Å²) >= 11 is 0. The van der Waals surface area contributed by atoms with Crippen LogP contribution >= 0.6 is 0 Å². The zero-order valence-corrected chi connectivity index (χ0v) is 12.4. The molecule has 1 aromatic carbocycles. The van der Waals surface area contributed by atoms with Gasteiger partial charge in [-0.1, -0.05) is 6.07 Å². The van der Waals surface area contributed by atoms with E-state index >= 15 is 0 Å². The lowest BCUT2D eigenvalue weighted by Gasteiger charge is -2.23. The molecule has 6 heteroatoms. The van der Waals surface area contributed by atoms with Crippen LogP contribution in [-0.4, -0.2) is 35.8 Å². The Morgan fingerprint density at radius 1 is 1.43 bits per heavy atom. The number of nitrogens with two attached hydrogens (primary N) is 2. The Labute approximate surface area is 124 Å². The molecule has 1 aliphatic rings. The topological polar surface area (TPSA) is 101 Å². The molecule has 0 spiro atoms. The number of carbonyl (C=O) groups excluding carboxylic acids is 2. The van der Waals surface area contributed by atoms with Gasteiger partial charge in [0, 0.05) is 17.9 Å². The van der Waals surface area contributed by atoms with Gasteiger partial charge in [0.1, 0.15) is 0 Å². The van der Waals surface area contributed by atoms with Gasteiger partial charge in [-0.15, -0.1) is 0 Å². The van der Waals surface area contributed by atoms with Crippen LogP contribution in [0.1, 0.15) is 18.9 Å². The number of nitrogens with zero attached hydrogens (tertiary/aromatic N) is 1. The van der Waals surface area contributed by atoms with Crippen molar-refractivity contribution in [2.45, 2.75) is 26.3 Å². The Balaban J connectivity index is 2.00. The minimum atomic E-state index is -0.310. The Hall–Kier alpha value is -2.08. The maximum atomic E-state index is 12.3. The van der Waals surface area contributed by atoms with E-state index in [1.165, 1.54) is 0 Å². The largest absolute Gasteiger partial charge is 0.398 e. The number of benzene rings is 1. The van der Waals surface area contributed by atoms with Gasteiger partial charge >= 0.3 is 0 Å². The summed E-state index contributed by atoms with van der Waals surface area (Å²) in [6.07, 6.45) is 0.713. The standard InChI is InChI=1S/C15H22N4O2/c1-9-12(16)4-3-5-13(9)18-15(21)10(2)19-7-6-11(8-19)14(17)20/h3-5,10-11H,6-8,16H2,1-2H3,(H2,17,20)(H,18,21). The Morgan fingerprint density at radius 3 is 2.76 bits per heavy atom. The van der Waals surface area contributed by atoms with E-state index < -0.39 is 0 Å². The highest BCUT2D eigenvalue weighted by Crippen LogP contribution is 2.22. The molecule has 2 rings (SSSR count). The van der Waals surface area contributed by atoms with Crippen LogP contribution in [0.25, 0.3) is 0 Å². The molecule has 1 heterocycles. The molecular formula is C15H22N4O2. The van der Waals surface area contributed by atoms with Crippen molar-refractivity contribution in [1.82, 2.24) is 4.90 Å². The molecule has 6 nitrogen and oxygen atoms in total. The highest BCUT2D eigenvalue weighted by atomic mass is 16.2. The summed E-state index contributed by atoms with van der Waals surface area (Å²) in [4.78, 5) is 25.5. The van der Waals surface area contributed by atoms with E-state index in [2.05, 4.69) is 5.32 Å². The molecule has 5 N–H and O–H groups in total. The fourth-order valence-electron chi connectivity index (χ4n) is 2.56. The van der Waals surface area contributed by atoms with Gasteiger partial charge in [0.05, 0.1) is 12.0 Å². The highest BCUT2D eigenvalue weighted by molar-refractivity contribution is 5.95. The number of rotatable bonds is 4. The fourth-order valence-corrected chi connectivity index (χ4v) is 2.56. The molecule has 0 aliphatic carbocycles. The molecule has 1 saturated heterocycles. The van der Waals surface area contributed by atoms with Gasteiger partial charge in [0.15, 0.2) is 0 Å². The van der Waals surface area contributed by atoms with Crippen molar-refractivity contribution >= 4 is 23.2 Å². The lowest BCUT2D eigenvalue weighted by molar-refractivity contribution is -0.123. The van der Waals surface area contributed by atoms with E-state index in [9.17, 15) is 9.59 Å². The molecule has 0 radical (unpaired) electrons. The Bertz CT molecular complexity index is 559. The molecule has 2 unspecified atom stereocenters. The van der Waals surface area contributed by atoms with E-state index in [-0.39, 0.29) is 23.8 Å². The SMILES string of the molecule is Cc1c(N)cccc1NC(=O)C(C)N1CCC(C(N)=O)C1. The summed E-state index contributed by atoms with van der Waals surface area (Å²) in [6, 6.07) is 5.12. The van der Waals surface area contributed by atoms with Gasteiger partial charge in [0.2, 0.25) is 11.8 Å². The average molecular weight is 290 g/mol. The van der Waals surface area contributed by atoms with Gasteiger partial charge in [-0.2, -0.15) is 0 Å². The second kappa shape index (κ2) is 6.13. The summed E-state index contributed by atoms with van der Waals surface area (Å²) in [5.74, 6) is -0.556. The quantitative estimate of drug-likeness (QED) is 0.711. The van der Waals surface area contributed by atoms with Crippen LogP contribution in [0, 0.1) is 12.8 Å². The van der Waals surface area contributed by atoms with Crippen LogP contribution in [0.3, 0.4) is 0 Å². The third-order valence-electron chi connectivity index (χ3n) is 4.18. The number of nitrogens with one attached hydrogen (secondary N) is 1. The monoisotopic (exact) mass is 290 g/mol. The zero-order chi connectivity index (χ0) is 15.6. The van der Waals surface area contributed by atoms with Gasteiger partial charge in [-0.3, -0.25) is 14.5 Å². The van der Waals surface area contributed by atoms with Gasteiger partial charge < -0.3 is 16.8 Å². The van der Waals surface area contributed by atoms with Crippen molar-refractivity contribution in [2.75, 3.05) is 24.1 Å². The highest BCUT2D eigenvalue weighted by Gasteiger charge is 2.32. The Morgan fingerprint density at radius 2 is 2.14 bits per heavy atom. The number of hydrogen-bond donors (Lipinski definition) is 3. The maximum absolute atomic E-state index is 12.3. The molecule has 0 bridgehead atoms. The first-order valence-corrected chi connectivity index (χ1v) is 7.09. The lowest BCUT2D eigenvalue weighted by atomic mass is 10.1. The van der Waals surface area contributed by atoms with Crippen LogP contribution in [0.15, 0.2) is 18.2 Å². The van der Waals surface area contributed by atoms with Crippen molar-refractivity contribution in [3.63, 3.8) is 0 Å². The number of carbonyl (C=O) groups is 2. The molecule has 0 aromatic heterocycles. The minimum Gasteiger partial charge on any atom is -0.398 e. The van der Waals surface area contributed by atoms with Crippen LogP contribution in [-0.2, 0) is 9.59 Å². The number of hydrogen-bond acceptors (Lipinski definition) is 4. The van der Waals surface area contributed by atoms with Gasteiger partial charge in [0.25, 0.3) is 0 Å². The van der Waals surface area contributed by atoms with E-state index in [0.717, 1.165) is 11.3 Å². The van der Waals surface area contributed by atoms with E-state index in [4.69, 9.17) is 11.5 Å². The van der Waals surface area contributed by atoms with Crippen LogP contribution in [0.5, 0.6) is 0 Å². The van der Waals surface area contributed by atoms with Gasteiger partial charge in [-0.25, -0.2) is 0 Å². The zero-order valence-electron chi connectivity index (χ0n) is 12.4. The van der Waals surface area contributed by atoms with Crippen LogP contribution < -0.4 is 16.8 Å². The first-order valence-electron chi connectivity index (χ1n) is 7.09. The molecular weight excluding hydrogens is 268 g/mol. The normalized spacial score (nSPS) is 20.2. The predicted molar refractivity (Wildman–Crippen MR) is 82.6 cm³/mol.